The van der Waals surface area contributed by atoms with Crippen LogP contribution in [0.2, 0.25) is 0 Å². The summed E-state index contributed by atoms with van der Waals surface area (Å²) in [6.07, 6.45) is 8.62. The maximum atomic E-state index is 12.2. The molecule has 1 amide bonds. The Bertz CT molecular complexity index is 499. The second kappa shape index (κ2) is 4.55. The number of likely N-dealkylation sites (tertiary alicyclic amines) is 1. The van der Waals surface area contributed by atoms with Crippen molar-refractivity contribution in [1.82, 2.24) is 19.7 Å². The van der Waals surface area contributed by atoms with Gasteiger partial charge in [-0.2, -0.15) is 0 Å². The first kappa shape index (κ1) is 12.3. The van der Waals surface area contributed by atoms with Crippen LogP contribution in [-0.2, 0) is 9.53 Å². The number of aromatic nitrogens is 3. The lowest BCUT2D eigenvalue weighted by Crippen LogP contribution is -2.35. The first-order valence-corrected chi connectivity index (χ1v) is 7.50. The van der Waals surface area contributed by atoms with Crippen molar-refractivity contribution in [3.63, 3.8) is 0 Å². The van der Waals surface area contributed by atoms with E-state index in [1.165, 1.54) is 12.8 Å². The average molecular weight is 276 g/mol. The topological polar surface area (TPSA) is 60.2 Å². The van der Waals surface area contributed by atoms with E-state index in [9.17, 15) is 4.79 Å². The van der Waals surface area contributed by atoms with Crippen LogP contribution in [0.25, 0.3) is 0 Å². The molecule has 0 N–H and O–H groups in total. The molecule has 2 atom stereocenters. The highest BCUT2D eigenvalue weighted by Crippen LogP contribution is 2.41. The number of rotatable bonds is 3. The number of carbonyl (C=O) groups is 1. The van der Waals surface area contributed by atoms with Crippen LogP contribution in [0.5, 0.6) is 0 Å². The summed E-state index contributed by atoms with van der Waals surface area (Å²) in [5, 5.41) is 7.71. The molecule has 3 heterocycles. The van der Waals surface area contributed by atoms with Crippen molar-refractivity contribution in [2.45, 2.75) is 43.7 Å². The van der Waals surface area contributed by atoms with Crippen LogP contribution >= 0.6 is 0 Å². The Hall–Kier alpha value is -1.43. The van der Waals surface area contributed by atoms with E-state index in [0.29, 0.717) is 24.5 Å². The zero-order chi connectivity index (χ0) is 13.6. The Morgan fingerprint density at radius 3 is 2.90 bits per heavy atom. The number of amides is 1. The second-order valence-electron chi connectivity index (χ2n) is 6.47. The molecule has 20 heavy (non-hydrogen) atoms. The Kier molecular flexibility index (Phi) is 2.80. The van der Waals surface area contributed by atoms with E-state index in [1.807, 2.05) is 9.47 Å². The predicted molar refractivity (Wildman–Crippen MR) is 70.9 cm³/mol. The van der Waals surface area contributed by atoms with Crippen LogP contribution in [0.4, 0.5) is 0 Å². The molecule has 1 aromatic heterocycles. The largest absolute Gasteiger partial charge is 0.371 e. The normalized spacial score (nSPS) is 33.2. The summed E-state index contributed by atoms with van der Waals surface area (Å²) < 4.78 is 8.09. The van der Waals surface area contributed by atoms with Crippen molar-refractivity contribution in [3.05, 3.63) is 12.7 Å². The van der Waals surface area contributed by atoms with Crippen LogP contribution in [0.1, 0.15) is 38.1 Å². The van der Waals surface area contributed by atoms with E-state index >= 15 is 0 Å². The maximum absolute atomic E-state index is 12.2. The second-order valence-corrected chi connectivity index (χ2v) is 6.47. The standard InChI is InChI=1S/C14H20N4O2/c19-13(5-11-1-2-11)17-4-3-14(8-17)6-12(7-20-14)18-9-15-16-10-18/h9-12H,1-8H2. The Balaban J connectivity index is 1.39. The fourth-order valence-electron chi connectivity index (χ4n) is 3.45. The predicted octanol–water partition coefficient (Wildman–Crippen LogP) is 1.01. The molecule has 3 fully saturated rings. The summed E-state index contributed by atoms with van der Waals surface area (Å²) in [6, 6.07) is 0.309. The molecule has 0 aromatic carbocycles. The molecule has 2 unspecified atom stereocenters. The van der Waals surface area contributed by atoms with Gasteiger partial charge in [-0.1, -0.05) is 0 Å². The lowest BCUT2D eigenvalue weighted by atomic mass is 9.97. The molecule has 1 aromatic rings. The third kappa shape index (κ3) is 2.22. The zero-order valence-corrected chi connectivity index (χ0v) is 11.6. The lowest BCUT2D eigenvalue weighted by Gasteiger charge is -2.23. The fourth-order valence-corrected chi connectivity index (χ4v) is 3.45. The lowest BCUT2D eigenvalue weighted by molar-refractivity contribution is -0.131. The zero-order valence-electron chi connectivity index (χ0n) is 11.6. The van der Waals surface area contributed by atoms with E-state index in [2.05, 4.69) is 10.2 Å². The van der Waals surface area contributed by atoms with Crippen LogP contribution < -0.4 is 0 Å². The highest BCUT2D eigenvalue weighted by Gasteiger charge is 2.47. The molecule has 1 saturated carbocycles. The van der Waals surface area contributed by atoms with Crippen LogP contribution in [0.3, 0.4) is 0 Å². The molecule has 6 heteroatoms. The van der Waals surface area contributed by atoms with Gasteiger partial charge in [0.1, 0.15) is 12.7 Å². The monoisotopic (exact) mass is 276 g/mol. The molecular weight excluding hydrogens is 256 g/mol. The average Bonchev–Trinajstić information content (AvgIpc) is 2.92. The summed E-state index contributed by atoms with van der Waals surface area (Å²) in [5.41, 5.74) is -0.131. The SMILES string of the molecule is O=C(CC1CC1)N1CCC2(CC(n3cnnc3)CO2)C1. The third-order valence-corrected chi connectivity index (χ3v) is 4.88. The molecule has 2 saturated heterocycles. The van der Waals surface area contributed by atoms with E-state index in [-0.39, 0.29) is 5.60 Å². The summed E-state index contributed by atoms with van der Waals surface area (Å²) in [6.45, 7) is 2.31. The molecule has 0 radical (unpaired) electrons. The van der Waals surface area contributed by atoms with E-state index in [1.54, 1.807) is 12.7 Å². The van der Waals surface area contributed by atoms with E-state index in [4.69, 9.17) is 4.74 Å². The summed E-state index contributed by atoms with van der Waals surface area (Å²) >= 11 is 0. The maximum Gasteiger partial charge on any atom is 0.222 e. The van der Waals surface area contributed by atoms with Gasteiger partial charge in [0, 0.05) is 25.9 Å². The molecule has 4 rings (SSSR count). The number of ether oxygens (including phenoxy) is 1. The van der Waals surface area contributed by atoms with Gasteiger partial charge in [-0.25, -0.2) is 0 Å². The van der Waals surface area contributed by atoms with Crippen molar-refractivity contribution >= 4 is 5.91 Å². The highest BCUT2D eigenvalue weighted by molar-refractivity contribution is 5.77. The van der Waals surface area contributed by atoms with Crippen molar-refractivity contribution in [2.75, 3.05) is 19.7 Å². The number of carbonyl (C=O) groups excluding carboxylic acids is 1. The molecule has 0 bridgehead atoms. The first-order valence-electron chi connectivity index (χ1n) is 7.50. The van der Waals surface area contributed by atoms with Crippen LogP contribution in [-0.4, -0.2) is 50.9 Å². The fraction of sp³-hybridized carbons (Fsp3) is 0.786. The van der Waals surface area contributed by atoms with Gasteiger partial charge in [-0.15, -0.1) is 10.2 Å². The van der Waals surface area contributed by atoms with Gasteiger partial charge in [0.05, 0.1) is 18.2 Å². The van der Waals surface area contributed by atoms with Gasteiger partial charge < -0.3 is 14.2 Å². The third-order valence-electron chi connectivity index (χ3n) is 4.88. The number of nitrogens with zero attached hydrogens (tertiary/aromatic N) is 4. The number of hydrogen-bond donors (Lipinski definition) is 0. The van der Waals surface area contributed by atoms with Crippen LogP contribution in [0.15, 0.2) is 12.7 Å². The summed E-state index contributed by atoms with van der Waals surface area (Å²) in [4.78, 5) is 14.2. The molecule has 1 aliphatic carbocycles. The van der Waals surface area contributed by atoms with Gasteiger partial charge >= 0.3 is 0 Å². The first-order chi connectivity index (χ1) is 9.74. The van der Waals surface area contributed by atoms with Gasteiger partial charge in [-0.05, 0) is 25.2 Å². The van der Waals surface area contributed by atoms with Crippen molar-refractivity contribution in [1.29, 1.82) is 0 Å². The van der Waals surface area contributed by atoms with Gasteiger partial charge in [0.2, 0.25) is 5.91 Å². The minimum absolute atomic E-state index is 0.131. The summed E-state index contributed by atoms with van der Waals surface area (Å²) in [7, 11) is 0. The minimum Gasteiger partial charge on any atom is -0.371 e. The summed E-state index contributed by atoms with van der Waals surface area (Å²) in [5.74, 6) is 0.981. The molecule has 6 nitrogen and oxygen atoms in total. The van der Waals surface area contributed by atoms with Crippen LogP contribution in [0, 0.1) is 5.92 Å². The molecule has 3 aliphatic rings. The van der Waals surface area contributed by atoms with Crippen molar-refractivity contribution < 1.29 is 9.53 Å². The number of hydrogen-bond acceptors (Lipinski definition) is 4. The van der Waals surface area contributed by atoms with E-state index in [0.717, 1.165) is 32.4 Å². The van der Waals surface area contributed by atoms with Gasteiger partial charge in [0.15, 0.2) is 0 Å². The van der Waals surface area contributed by atoms with Gasteiger partial charge in [0.25, 0.3) is 0 Å². The smallest absolute Gasteiger partial charge is 0.222 e. The molecule has 1 spiro atoms. The Labute approximate surface area is 118 Å². The highest BCUT2D eigenvalue weighted by atomic mass is 16.5. The van der Waals surface area contributed by atoms with Crippen molar-refractivity contribution in [3.8, 4) is 0 Å². The van der Waals surface area contributed by atoms with Gasteiger partial charge in [-0.3, -0.25) is 4.79 Å². The quantitative estimate of drug-likeness (QED) is 0.826. The molecular formula is C14H20N4O2. The van der Waals surface area contributed by atoms with Crippen molar-refractivity contribution in [2.24, 2.45) is 5.92 Å². The molecule has 108 valence electrons. The van der Waals surface area contributed by atoms with E-state index < -0.39 is 0 Å². The molecule has 2 aliphatic heterocycles. The Morgan fingerprint density at radius 1 is 1.35 bits per heavy atom. The minimum atomic E-state index is -0.131. The Morgan fingerprint density at radius 2 is 2.15 bits per heavy atom.